The Morgan fingerprint density at radius 3 is 2.80 bits per heavy atom. The van der Waals surface area contributed by atoms with Crippen LogP contribution >= 0.6 is 11.8 Å². The Kier molecular flexibility index (Phi) is 3.96. The SMILES string of the molecule is C[C@H](NC(=O)CN1CSCC1=O)C(=O)O. The number of hydrogen-bond acceptors (Lipinski definition) is 4. The Balaban J connectivity index is 2.35. The molecule has 1 saturated heterocycles. The van der Waals surface area contributed by atoms with Gasteiger partial charge in [-0.05, 0) is 6.92 Å². The largest absolute Gasteiger partial charge is 0.480 e. The van der Waals surface area contributed by atoms with Gasteiger partial charge in [-0.15, -0.1) is 11.8 Å². The van der Waals surface area contributed by atoms with E-state index in [4.69, 9.17) is 5.11 Å². The molecule has 0 aromatic carbocycles. The van der Waals surface area contributed by atoms with Crippen LogP contribution in [-0.2, 0) is 14.4 Å². The average Bonchev–Trinajstić information content (AvgIpc) is 2.51. The van der Waals surface area contributed by atoms with Crippen LogP contribution in [-0.4, -0.2) is 52.0 Å². The molecule has 6 nitrogen and oxygen atoms in total. The molecule has 0 saturated carbocycles. The quantitative estimate of drug-likeness (QED) is 0.656. The summed E-state index contributed by atoms with van der Waals surface area (Å²) < 4.78 is 0. The van der Waals surface area contributed by atoms with E-state index in [0.29, 0.717) is 11.6 Å². The minimum absolute atomic E-state index is 0.0660. The summed E-state index contributed by atoms with van der Waals surface area (Å²) in [7, 11) is 0. The van der Waals surface area contributed by atoms with Gasteiger partial charge in [-0.2, -0.15) is 0 Å². The van der Waals surface area contributed by atoms with Crippen molar-refractivity contribution < 1.29 is 19.5 Å². The lowest BCUT2D eigenvalue weighted by Crippen LogP contribution is -2.44. The molecule has 84 valence electrons. The lowest BCUT2D eigenvalue weighted by molar-refractivity contribution is -0.141. The van der Waals surface area contributed by atoms with Crippen molar-refractivity contribution in [2.24, 2.45) is 0 Å². The van der Waals surface area contributed by atoms with Crippen LogP contribution in [0.3, 0.4) is 0 Å². The molecule has 1 aliphatic heterocycles. The summed E-state index contributed by atoms with van der Waals surface area (Å²) in [5, 5.41) is 10.8. The van der Waals surface area contributed by atoms with Crippen LogP contribution in [0.1, 0.15) is 6.92 Å². The summed E-state index contributed by atoms with van der Waals surface area (Å²) in [6.45, 7) is 1.31. The van der Waals surface area contributed by atoms with Crippen LogP contribution in [0.15, 0.2) is 0 Å². The lowest BCUT2D eigenvalue weighted by atomic mass is 10.3. The van der Waals surface area contributed by atoms with Gasteiger partial charge < -0.3 is 15.3 Å². The molecule has 1 rings (SSSR count). The molecule has 0 unspecified atom stereocenters. The zero-order valence-corrected chi connectivity index (χ0v) is 9.04. The van der Waals surface area contributed by atoms with E-state index in [0.717, 1.165) is 0 Å². The van der Waals surface area contributed by atoms with Crippen molar-refractivity contribution in [2.45, 2.75) is 13.0 Å². The van der Waals surface area contributed by atoms with E-state index in [-0.39, 0.29) is 12.5 Å². The van der Waals surface area contributed by atoms with Crippen molar-refractivity contribution in [3.8, 4) is 0 Å². The number of carbonyl (C=O) groups is 3. The third-order valence-electron chi connectivity index (χ3n) is 1.91. The zero-order valence-electron chi connectivity index (χ0n) is 8.23. The smallest absolute Gasteiger partial charge is 0.325 e. The lowest BCUT2D eigenvalue weighted by Gasteiger charge is -2.15. The first-order valence-electron chi connectivity index (χ1n) is 4.38. The first-order chi connectivity index (χ1) is 7.00. The molecule has 15 heavy (non-hydrogen) atoms. The maximum absolute atomic E-state index is 11.3. The van der Waals surface area contributed by atoms with Crippen LogP contribution in [0, 0.1) is 0 Å². The van der Waals surface area contributed by atoms with E-state index >= 15 is 0 Å². The van der Waals surface area contributed by atoms with E-state index in [9.17, 15) is 14.4 Å². The number of carboxylic acid groups (broad SMARTS) is 1. The van der Waals surface area contributed by atoms with Gasteiger partial charge in [-0.25, -0.2) is 0 Å². The molecule has 1 aliphatic rings. The third-order valence-corrected chi connectivity index (χ3v) is 2.85. The highest BCUT2D eigenvalue weighted by molar-refractivity contribution is 8.00. The fraction of sp³-hybridized carbons (Fsp3) is 0.625. The van der Waals surface area contributed by atoms with Crippen molar-refractivity contribution in [3.05, 3.63) is 0 Å². The second-order valence-corrected chi connectivity index (χ2v) is 4.15. The number of nitrogens with zero attached hydrogens (tertiary/aromatic N) is 1. The van der Waals surface area contributed by atoms with E-state index < -0.39 is 17.9 Å². The Hall–Kier alpha value is -1.24. The van der Waals surface area contributed by atoms with E-state index in [1.54, 1.807) is 0 Å². The number of nitrogens with one attached hydrogen (secondary N) is 1. The molecule has 7 heteroatoms. The molecule has 0 spiro atoms. The minimum atomic E-state index is -1.09. The number of thioether (sulfide) groups is 1. The van der Waals surface area contributed by atoms with Gasteiger partial charge in [-0.3, -0.25) is 14.4 Å². The van der Waals surface area contributed by atoms with Crippen molar-refractivity contribution >= 4 is 29.5 Å². The molecule has 2 N–H and O–H groups in total. The van der Waals surface area contributed by atoms with Gasteiger partial charge in [0.05, 0.1) is 11.6 Å². The van der Waals surface area contributed by atoms with Gasteiger partial charge in [-0.1, -0.05) is 0 Å². The van der Waals surface area contributed by atoms with Gasteiger partial charge >= 0.3 is 5.97 Å². The highest BCUT2D eigenvalue weighted by atomic mass is 32.2. The first-order valence-corrected chi connectivity index (χ1v) is 5.54. The standard InChI is InChI=1S/C8H12N2O4S/c1-5(8(13)14)9-6(11)2-10-4-15-3-7(10)12/h5H,2-4H2,1H3,(H,9,11)(H,13,14)/t5-/m0/s1. The summed E-state index contributed by atoms with van der Waals surface area (Å²) in [5.41, 5.74) is 0. The topological polar surface area (TPSA) is 86.7 Å². The molecule has 0 aromatic heterocycles. The number of aliphatic carboxylic acids is 1. The molecule has 1 atom stereocenters. The maximum Gasteiger partial charge on any atom is 0.325 e. The molecule has 0 bridgehead atoms. The second-order valence-electron chi connectivity index (χ2n) is 3.20. The number of carboxylic acids is 1. The molecule has 2 amide bonds. The molecule has 1 fully saturated rings. The molecule has 0 radical (unpaired) electrons. The molecule has 0 aromatic rings. The average molecular weight is 232 g/mol. The number of amides is 2. The summed E-state index contributed by atoms with van der Waals surface area (Å²) in [6, 6.07) is -0.928. The summed E-state index contributed by atoms with van der Waals surface area (Å²) >= 11 is 1.44. The van der Waals surface area contributed by atoms with Gasteiger partial charge in [0.15, 0.2) is 0 Å². The van der Waals surface area contributed by atoms with Crippen LogP contribution in [0.4, 0.5) is 0 Å². The highest BCUT2D eigenvalue weighted by Crippen LogP contribution is 2.13. The van der Waals surface area contributed by atoms with E-state index in [1.165, 1.54) is 23.6 Å². The predicted octanol–water partition coefficient (Wildman–Crippen LogP) is -0.891. The minimum Gasteiger partial charge on any atom is -0.480 e. The van der Waals surface area contributed by atoms with Gasteiger partial charge in [0.25, 0.3) is 0 Å². The van der Waals surface area contributed by atoms with Crippen molar-refractivity contribution in [1.29, 1.82) is 0 Å². The fourth-order valence-corrected chi connectivity index (χ4v) is 1.97. The van der Waals surface area contributed by atoms with Crippen LogP contribution < -0.4 is 5.32 Å². The number of carbonyl (C=O) groups excluding carboxylic acids is 2. The number of hydrogen-bond donors (Lipinski definition) is 2. The number of rotatable bonds is 4. The van der Waals surface area contributed by atoms with Crippen LogP contribution in [0.2, 0.25) is 0 Å². The van der Waals surface area contributed by atoms with E-state index in [2.05, 4.69) is 5.32 Å². The normalized spacial score (nSPS) is 17.7. The van der Waals surface area contributed by atoms with Crippen molar-refractivity contribution in [3.63, 3.8) is 0 Å². The Labute approximate surface area is 91.0 Å². The van der Waals surface area contributed by atoms with Gasteiger partial charge in [0.1, 0.15) is 12.6 Å². The molecular weight excluding hydrogens is 220 g/mol. The Bertz CT molecular complexity index is 294. The van der Waals surface area contributed by atoms with Crippen LogP contribution in [0.25, 0.3) is 0 Å². The summed E-state index contributed by atoms with van der Waals surface area (Å²) in [5.74, 6) is -0.737. The van der Waals surface area contributed by atoms with Crippen molar-refractivity contribution in [1.82, 2.24) is 10.2 Å². The van der Waals surface area contributed by atoms with Crippen LogP contribution in [0.5, 0.6) is 0 Å². The second kappa shape index (κ2) is 5.01. The maximum atomic E-state index is 11.3. The Morgan fingerprint density at radius 1 is 1.67 bits per heavy atom. The predicted molar refractivity (Wildman–Crippen MR) is 54.3 cm³/mol. The van der Waals surface area contributed by atoms with E-state index in [1.807, 2.05) is 0 Å². The monoisotopic (exact) mass is 232 g/mol. The van der Waals surface area contributed by atoms with Gasteiger partial charge in [0, 0.05) is 0 Å². The first kappa shape index (κ1) is 11.8. The molecular formula is C8H12N2O4S. The van der Waals surface area contributed by atoms with Crippen molar-refractivity contribution in [2.75, 3.05) is 18.2 Å². The molecule has 1 heterocycles. The zero-order chi connectivity index (χ0) is 11.4. The summed E-state index contributed by atoms with van der Waals surface area (Å²) in [4.78, 5) is 34.3. The highest BCUT2D eigenvalue weighted by Gasteiger charge is 2.24. The fourth-order valence-electron chi connectivity index (χ4n) is 1.06. The van der Waals surface area contributed by atoms with Gasteiger partial charge in [0.2, 0.25) is 11.8 Å². The summed E-state index contributed by atoms with van der Waals surface area (Å²) in [6.07, 6.45) is 0. The third kappa shape index (κ3) is 3.43. The Morgan fingerprint density at radius 2 is 2.33 bits per heavy atom. The molecule has 0 aliphatic carbocycles.